The van der Waals surface area contributed by atoms with E-state index in [2.05, 4.69) is 88.0 Å². The smallest absolute Gasteiger partial charge is 0.307 e. The highest BCUT2D eigenvalue weighted by Crippen LogP contribution is 2.44. The molecular formula is C43H29F3N4. The first kappa shape index (κ1) is 31.0. The number of nitrogens with zero attached hydrogens (tertiary/aromatic N) is 4. The number of hydrogen-bond acceptors (Lipinski definition) is 2. The van der Waals surface area contributed by atoms with Gasteiger partial charge in [0.05, 0.1) is 62.3 Å². The zero-order chi connectivity index (χ0) is 35.1. The number of aryl methyl sites for hydroxylation is 4. The predicted octanol–water partition coefficient (Wildman–Crippen LogP) is 11.5. The molecule has 4 nitrogen and oxygen atoms in total. The maximum atomic E-state index is 14.7. The lowest BCUT2D eigenvalue weighted by Gasteiger charge is -2.21. The third-order valence-electron chi connectivity index (χ3n) is 9.62. The fourth-order valence-electron chi connectivity index (χ4n) is 7.33. The molecule has 0 aliphatic rings. The first-order valence-electron chi connectivity index (χ1n) is 16.2. The van der Waals surface area contributed by atoms with E-state index in [0.29, 0.717) is 11.4 Å². The molecule has 0 saturated heterocycles. The van der Waals surface area contributed by atoms with Crippen molar-refractivity contribution in [3.63, 3.8) is 0 Å². The molecule has 0 saturated carbocycles. The molecule has 7 heteroatoms. The minimum atomic E-state index is -4.77. The summed E-state index contributed by atoms with van der Waals surface area (Å²) in [5.41, 5.74) is 8.04. The van der Waals surface area contributed by atoms with Crippen LogP contribution in [0.15, 0.2) is 103 Å². The van der Waals surface area contributed by atoms with Crippen LogP contribution in [0.1, 0.15) is 38.9 Å². The fourth-order valence-corrected chi connectivity index (χ4v) is 7.33. The molecule has 0 N–H and O–H groups in total. The van der Waals surface area contributed by atoms with Crippen molar-refractivity contribution in [2.24, 2.45) is 0 Å². The van der Waals surface area contributed by atoms with Gasteiger partial charge in [-0.05, 0) is 104 Å². The topological polar surface area (TPSA) is 57.4 Å². The van der Waals surface area contributed by atoms with Crippen molar-refractivity contribution in [1.82, 2.24) is 9.13 Å². The molecule has 2 heterocycles. The maximum absolute atomic E-state index is 14.7. The second kappa shape index (κ2) is 11.1. The second-order valence-electron chi connectivity index (χ2n) is 13.1. The fraction of sp³-hybridized carbons (Fsp3) is 0.116. The van der Waals surface area contributed by atoms with Crippen LogP contribution in [0.4, 0.5) is 13.2 Å². The molecule has 2 aromatic heterocycles. The highest BCUT2D eigenvalue weighted by atomic mass is 19.4. The predicted molar refractivity (Wildman–Crippen MR) is 194 cm³/mol. The normalized spacial score (nSPS) is 11.9. The van der Waals surface area contributed by atoms with Gasteiger partial charge in [-0.15, -0.1) is 0 Å². The van der Waals surface area contributed by atoms with Crippen LogP contribution in [0.25, 0.3) is 66.1 Å². The van der Waals surface area contributed by atoms with Crippen LogP contribution in [-0.4, -0.2) is 9.13 Å². The number of rotatable bonds is 3. The van der Waals surface area contributed by atoms with Gasteiger partial charge in [0.25, 0.3) is 0 Å². The summed E-state index contributed by atoms with van der Waals surface area (Å²) in [4.78, 5) is 0. The SMILES string of the molecule is Cc1ccc2c3ccc(C)cc3n(-c3cc(C#N)c(-c4ccc(C#N)cc4C(F)(F)F)cc3-n3c4cc(C)ccc4c4ccc(C)cc43)c2c1. The summed E-state index contributed by atoms with van der Waals surface area (Å²) in [7, 11) is 0. The zero-order valence-corrected chi connectivity index (χ0v) is 27.7. The van der Waals surface area contributed by atoms with Gasteiger partial charge in [0.15, 0.2) is 0 Å². The van der Waals surface area contributed by atoms with Crippen molar-refractivity contribution in [3.05, 3.63) is 142 Å². The summed E-state index contributed by atoms with van der Waals surface area (Å²) < 4.78 is 48.3. The Bertz CT molecular complexity index is 2700. The van der Waals surface area contributed by atoms with E-state index >= 15 is 0 Å². The molecule has 0 spiro atoms. The van der Waals surface area contributed by atoms with Crippen LogP contribution in [0.2, 0.25) is 0 Å². The Morgan fingerprint density at radius 1 is 0.480 bits per heavy atom. The highest BCUT2D eigenvalue weighted by molar-refractivity contribution is 6.12. The molecule has 0 fully saturated rings. The van der Waals surface area contributed by atoms with E-state index in [0.717, 1.165) is 71.9 Å². The number of alkyl halides is 3. The van der Waals surface area contributed by atoms with Gasteiger partial charge in [-0.3, -0.25) is 0 Å². The lowest BCUT2D eigenvalue weighted by molar-refractivity contribution is -0.137. The Kier molecular flexibility index (Phi) is 6.89. The van der Waals surface area contributed by atoms with E-state index in [1.165, 1.54) is 12.1 Å². The van der Waals surface area contributed by atoms with Crippen molar-refractivity contribution in [3.8, 4) is 34.6 Å². The van der Waals surface area contributed by atoms with E-state index in [9.17, 15) is 23.7 Å². The van der Waals surface area contributed by atoms with Gasteiger partial charge in [-0.2, -0.15) is 23.7 Å². The lowest BCUT2D eigenvalue weighted by atomic mass is 9.92. The molecule has 0 aliphatic heterocycles. The van der Waals surface area contributed by atoms with Crippen molar-refractivity contribution in [1.29, 1.82) is 10.5 Å². The average molecular weight is 659 g/mol. The quantitative estimate of drug-likeness (QED) is 0.190. The molecule has 0 radical (unpaired) electrons. The van der Waals surface area contributed by atoms with Crippen LogP contribution in [0.5, 0.6) is 0 Å². The van der Waals surface area contributed by atoms with E-state index in [4.69, 9.17) is 0 Å². The van der Waals surface area contributed by atoms with Crippen molar-refractivity contribution >= 4 is 43.6 Å². The molecule has 0 bridgehead atoms. The van der Waals surface area contributed by atoms with E-state index in [1.807, 2.05) is 33.8 Å². The van der Waals surface area contributed by atoms with Gasteiger partial charge in [0, 0.05) is 27.1 Å². The summed E-state index contributed by atoms with van der Waals surface area (Å²) in [6, 6.07) is 36.0. The van der Waals surface area contributed by atoms with E-state index in [-0.39, 0.29) is 22.3 Å². The van der Waals surface area contributed by atoms with Gasteiger partial charge in [0.1, 0.15) is 0 Å². The highest BCUT2D eigenvalue weighted by Gasteiger charge is 2.35. The molecule has 0 amide bonds. The molecule has 6 aromatic carbocycles. The van der Waals surface area contributed by atoms with Crippen LogP contribution in [0, 0.1) is 50.4 Å². The number of nitriles is 2. The number of benzene rings is 6. The Morgan fingerprint density at radius 3 is 1.28 bits per heavy atom. The monoisotopic (exact) mass is 658 g/mol. The number of halogens is 3. The summed E-state index contributed by atoms with van der Waals surface area (Å²) in [5.74, 6) is 0. The Hall–Kier alpha value is -6.31. The third kappa shape index (κ3) is 4.74. The van der Waals surface area contributed by atoms with Crippen molar-refractivity contribution in [2.75, 3.05) is 0 Å². The Balaban J connectivity index is 1.61. The van der Waals surface area contributed by atoms with Crippen molar-refractivity contribution < 1.29 is 13.2 Å². The van der Waals surface area contributed by atoms with Gasteiger partial charge in [0.2, 0.25) is 0 Å². The number of aromatic nitrogens is 2. The second-order valence-corrected chi connectivity index (χ2v) is 13.1. The molecule has 0 aliphatic carbocycles. The standard InChI is InChI=1S/C43H29F3N4/c1-24-5-10-31-32-11-6-25(2)16-38(32)49(37(31)15-24)41-20-29(23-48)35(30-14-9-28(22-47)19-36(30)43(44,45)46)21-42(41)50-39-17-26(3)7-12-33(39)34-13-8-27(4)18-40(34)50/h5-21H,1-4H3. The summed E-state index contributed by atoms with van der Waals surface area (Å²) in [5, 5.41) is 24.2. The minimum absolute atomic E-state index is 0.0855. The largest absolute Gasteiger partial charge is 0.417 e. The van der Waals surface area contributed by atoms with Gasteiger partial charge >= 0.3 is 6.18 Å². The molecule has 242 valence electrons. The molecule has 8 rings (SSSR count). The van der Waals surface area contributed by atoms with Gasteiger partial charge < -0.3 is 9.13 Å². The molecule has 0 unspecified atom stereocenters. The van der Waals surface area contributed by atoms with Gasteiger partial charge in [-0.25, -0.2) is 0 Å². The molecule has 8 aromatic rings. The van der Waals surface area contributed by atoms with Crippen molar-refractivity contribution in [2.45, 2.75) is 33.9 Å². The first-order valence-corrected chi connectivity index (χ1v) is 16.2. The van der Waals surface area contributed by atoms with E-state index in [1.54, 1.807) is 12.1 Å². The number of hydrogen-bond donors (Lipinski definition) is 0. The van der Waals surface area contributed by atoms with Crippen LogP contribution in [-0.2, 0) is 6.18 Å². The Morgan fingerprint density at radius 2 is 0.900 bits per heavy atom. The lowest BCUT2D eigenvalue weighted by Crippen LogP contribution is -2.10. The zero-order valence-electron chi connectivity index (χ0n) is 27.7. The summed E-state index contributed by atoms with van der Waals surface area (Å²) in [6.07, 6.45) is -4.77. The maximum Gasteiger partial charge on any atom is 0.417 e. The third-order valence-corrected chi connectivity index (χ3v) is 9.62. The van der Waals surface area contributed by atoms with Crippen LogP contribution >= 0.6 is 0 Å². The Labute approximate surface area is 286 Å². The average Bonchev–Trinajstić information content (AvgIpc) is 3.57. The molecule has 50 heavy (non-hydrogen) atoms. The first-order chi connectivity index (χ1) is 24.0. The molecule has 0 atom stereocenters. The van der Waals surface area contributed by atoms with Crippen LogP contribution < -0.4 is 0 Å². The molecular weight excluding hydrogens is 629 g/mol. The van der Waals surface area contributed by atoms with E-state index < -0.39 is 11.7 Å². The van der Waals surface area contributed by atoms with Crippen LogP contribution in [0.3, 0.4) is 0 Å². The minimum Gasteiger partial charge on any atom is -0.307 e. The summed E-state index contributed by atoms with van der Waals surface area (Å²) >= 11 is 0. The summed E-state index contributed by atoms with van der Waals surface area (Å²) in [6.45, 7) is 8.09. The number of fused-ring (bicyclic) bond motifs is 6. The van der Waals surface area contributed by atoms with Gasteiger partial charge in [-0.1, -0.05) is 54.6 Å².